The van der Waals surface area contributed by atoms with Crippen LogP contribution in [-0.4, -0.2) is 37.1 Å². The van der Waals surface area contributed by atoms with Gasteiger partial charge < -0.3 is 4.74 Å². The first-order chi connectivity index (χ1) is 9.60. The van der Waals surface area contributed by atoms with Crippen LogP contribution >= 0.6 is 0 Å². The number of benzene rings is 1. The molecule has 1 unspecified atom stereocenters. The first-order valence-corrected chi connectivity index (χ1v) is 6.47. The van der Waals surface area contributed by atoms with Crippen molar-refractivity contribution in [2.24, 2.45) is 0 Å². The number of alkyl carbamates (subject to hydrolysis) is 1. The zero-order valence-corrected chi connectivity index (χ0v) is 11.3. The highest BCUT2D eigenvalue weighted by atomic mass is 19.1. The van der Waals surface area contributed by atoms with Gasteiger partial charge in [-0.15, -0.1) is 0 Å². The molecule has 1 aliphatic rings. The zero-order chi connectivity index (χ0) is 14.5. The van der Waals surface area contributed by atoms with Crippen LogP contribution in [0.15, 0.2) is 24.3 Å². The molecule has 5 nitrogen and oxygen atoms in total. The number of imide groups is 1. The molecule has 1 aromatic carbocycles. The fraction of sp³-hybridized carbons (Fsp3) is 0.429. The average molecular weight is 280 g/mol. The Bertz CT molecular complexity index is 507. The van der Waals surface area contributed by atoms with E-state index in [1.54, 1.807) is 6.07 Å². The largest absolute Gasteiger partial charge is 0.453 e. The third-order valence-electron chi connectivity index (χ3n) is 3.37. The minimum atomic E-state index is -0.767. The Balaban J connectivity index is 2.01. The summed E-state index contributed by atoms with van der Waals surface area (Å²) in [5, 5.41) is 2.12. The van der Waals surface area contributed by atoms with Crippen molar-refractivity contribution in [2.75, 3.05) is 20.2 Å². The van der Waals surface area contributed by atoms with Crippen molar-refractivity contribution in [3.05, 3.63) is 35.6 Å². The molecule has 6 heteroatoms. The Labute approximate surface area is 116 Å². The molecular formula is C14H17FN2O3. The molecule has 1 heterocycles. The molecule has 20 heavy (non-hydrogen) atoms. The number of methoxy groups -OCH3 is 1. The summed E-state index contributed by atoms with van der Waals surface area (Å²) in [4.78, 5) is 24.6. The van der Waals surface area contributed by atoms with Crippen LogP contribution in [-0.2, 0) is 9.53 Å². The highest BCUT2D eigenvalue weighted by molar-refractivity contribution is 5.92. The summed E-state index contributed by atoms with van der Waals surface area (Å²) < 4.78 is 17.6. The number of nitrogens with one attached hydrogen (secondary N) is 1. The number of hydrogen-bond acceptors (Lipinski definition) is 4. The Morgan fingerprint density at radius 3 is 3.00 bits per heavy atom. The molecule has 1 atom stereocenters. The van der Waals surface area contributed by atoms with E-state index in [-0.39, 0.29) is 18.4 Å². The second-order valence-electron chi connectivity index (χ2n) is 4.72. The maximum atomic E-state index is 13.3. The maximum absolute atomic E-state index is 13.3. The molecule has 1 aromatic rings. The van der Waals surface area contributed by atoms with E-state index in [4.69, 9.17) is 0 Å². The van der Waals surface area contributed by atoms with E-state index in [0.29, 0.717) is 0 Å². The molecule has 2 rings (SSSR count). The third-order valence-corrected chi connectivity index (χ3v) is 3.37. The van der Waals surface area contributed by atoms with E-state index in [2.05, 4.69) is 10.1 Å². The minimum Gasteiger partial charge on any atom is -0.453 e. The normalized spacial score (nSPS) is 18.8. The third kappa shape index (κ3) is 3.54. The van der Waals surface area contributed by atoms with E-state index < -0.39 is 12.0 Å². The van der Waals surface area contributed by atoms with Gasteiger partial charge in [0.15, 0.2) is 0 Å². The predicted octanol–water partition coefficient (Wildman–Crippen LogP) is 1.85. The van der Waals surface area contributed by atoms with Gasteiger partial charge in [-0.3, -0.25) is 15.0 Å². The van der Waals surface area contributed by atoms with Gasteiger partial charge in [-0.25, -0.2) is 9.18 Å². The van der Waals surface area contributed by atoms with Crippen LogP contribution in [0, 0.1) is 5.82 Å². The van der Waals surface area contributed by atoms with Crippen molar-refractivity contribution in [1.29, 1.82) is 0 Å². The maximum Gasteiger partial charge on any atom is 0.413 e. The number of halogens is 1. The zero-order valence-electron chi connectivity index (χ0n) is 11.3. The molecule has 1 N–H and O–H groups in total. The topological polar surface area (TPSA) is 58.6 Å². The van der Waals surface area contributed by atoms with Crippen LogP contribution in [0.2, 0.25) is 0 Å². The predicted molar refractivity (Wildman–Crippen MR) is 70.5 cm³/mol. The monoisotopic (exact) mass is 280 g/mol. The fourth-order valence-corrected chi connectivity index (χ4v) is 2.50. The molecule has 0 saturated carbocycles. The molecule has 1 aliphatic heterocycles. The number of carbonyl (C=O) groups is 2. The number of likely N-dealkylation sites (tertiary alicyclic amines) is 1. The molecule has 2 amide bonds. The lowest BCUT2D eigenvalue weighted by Crippen LogP contribution is -2.39. The number of ether oxygens (including phenoxy) is 1. The van der Waals surface area contributed by atoms with Crippen LogP contribution < -0.4 is 5.32 Å². The number of hydrogen-bond donors (Lipinski definition) is 1. The van der Waals surface area contributed by atoms with Crippen LogP contribution in [0.25, 0.3) is 0 Å². The van der Waals surface area contributed by atoms with Gasteiger partial charge in [-0.1, -0.05) is 12.1 Å². The van der Waals surface area contributed by atoms with Crippen molar-refractivity contribution >= 4 is 12.0 Å². The van der Waals surface area contributed by atoms with Gasteiger partial charge in [0, 0.05) is 6.04 Å². The van der Waals surface area contributed by atoms with E-state index in [9.17, 15) is 14.0 Å². The summed E-state index contributed by atoms with van der Waals surface area (Å²) in [6, 6.07) is 6.41. The number of carbonyl (C=O) groups excluding carboxylic acids is 2. The smallest absolute Gasteiger partial charge is 0.413 e. The van der Waals surface area contributed by atoms with Crippen molar-refractivity contribution in [1.82, 2.24) is 10.2 Å². The van der Waals surface area contributed by atoms with E-state index in [1.165, 1.54) is 19.2 Å². The van der Waals surface area contributed by atoms with Crippen molar-refractivity contribution in [2.45, 2.75) is 18.9 Å². The van der Waals surface area contributed by atoms with Crippen LogP contribution in [0.5, 0.6) is 0 Å². The molecule has 0 aliphatic carbocycles. The van der Waals surface area contributed by atoms with Crippen LogP contribution in [0.1, 0.15) is 24.4 Å². The quantitative estimate of drug-likeness (QED) is 0.918. The Hall–Kier alpha value is -1.95. The summed E-state index contributed by atoms with van der Waals surface area (Å²) >= 11 is 0. The molecular weight excluding hydrogens is 263 g/mol. The molecule has 0 radical (unpaired) electrons. The van der Waals surface area contributed by atoms with E-state index in [1.807, 2.05) is 11.0 Å². The molecule has 0 spiro atoms. The summed E-state index contributed by atoms with van der Waals surface area (Å²) in [5.74, 6) is -0.700. The lowest BCUT2D eigenvalue weighted by atomic mass is 10.0. The molecule has 1 saturated heterocycles. The molecule has 108 valence electrons. The van der Waals surface area contributed by atoms with Crippen molar-refractivity contribution < 1.29 is 18.7 Å². The summed E-state index contributed by atoms with van der Waals surface area (Å²) in [5.41, 5.74) is 0.855. The molecule has 0 aromatic heterocycles. The van der Waals surface area contributed by atoms with Crippen molar-refractivity contribution in [3.63, 3.8) is 0 Å². The summed E-state index contributed by atoms with van der Waals surface area (Å²) in [6.45, 7) is 0.839. The molecule has 0 bridgehead atoms. The Morgan fingerprint density at radius 1 is 1.50 bits per heavy atom. The van der Waals surface area contributed by atoms with Gasteiger partial charge >= 0.3 is 6.09 Å². The van der Waals surface area contributed by atoms with Gasteiger partial charge in [-0.05, 0) is 37.1 Å². The van der Waals surface area contributed by atoms with Gasteiger partial charge in [0.2, 0.25) is 5.91 Å². The fourth-order valence-electron chi connectivity index (χ4n) is 2.50. The summed E-state index contributed by atoms with van der Waals surface area (Å²) in [7, 11) is 1.20. The SMILES string of the molecule is COC(=O)NC(=O)CN1CCCC1c1cccc(F)c1. The Morgan fingerprint density at radius 2 is 2.30 bits per heavy atom. The van der Waals surface area contributed by atoms with E-state index >= 15 is 0 Å². The average Bonchev–Trinajstić information content (AvgIpc) is 2.86. The second kappa shape index (κ2) is 6.47. The van der Waals surface area contributed by atoms with Gasteiger partial charge in [0.25, 0.3) is 0 Å². The lowest BCUT2D eigenvalue weighted by molar-refractivity contribution is -0.121. The lowest BCUT2D eigenvalue weighted by Gasteiger charge is -2.23. The van der Waals surface area contributed by atoms with Gasteiger partial charge in [0.1, 0.15) is 5.82 Å². The summed E-state index contributed by atoms with van der Waals surface area (Å²) in [6.07, 6.45) is 1.04. The molecule has 1 fully saturated rings. The van der Waals surface area contributed by atoms with Gasteiger partial charge in [-0.2, -0.15) is 0 Å². The highest BCUT2D eigenvalue weighted by Gasteiger charge is 2.28. The number of nitrogens with zero attached hydrogens (tertiary/aromatic N) is 1. The second-order valence-corrected chi connectivity index (χ2v) is 4.72. The van der Waals surface area contributed by atoms with Crippen LogP contribution in [0.4, 0.5) is 9.18 Å². The first-order valence-electron chi connectivity index (χ1n) is 6.47. The van der Waals surface area contributed by atoms with E-state index in [0.717, 1.165) is 24.9 Å². The standard InChI is InChI=1S/C14H17FN2O3/c1-20-14(19)16-13(18)9-17-7-3-6-12(17)10-4-2-5-11(15)8-10/h2,4-5,8,12H,3,6-7,9H2,1H3,(H,16,18,19). The Kier molecular flexibility index (Phi) is 4.68. The van der Waals surface area contributed by atoms with Gasteiger partial charge in [0.05, 0.1) is 13.7 Å². The number of rotatable bonds is 3. The van der Waals surface area contributed by atoms with Crippen molar-refractivity contribution in [3.8, 4) is 0 Å². The van der Waals surface area contributed by atoms with Crippen LogP contribution in [0.3, 0.4) is 0 Å². The highest BCUT2D eigenvalue weighted by Crippen LogP contribution is 2.31. The first kappa shape index (κ1) is 14.5. The number of amides is 2. The minimum absolute atomic E-state index is 0.00842.